The SMILES string of the molecule is c1ccc(-c2ccc(-c3nc(-c4ccc(-c5ccccc5)cc4)nc(-c4cc(-c5ccccc5)c(-n5c6c(-c7ccccc7)cc(-c7ccccc7)cc6c6cc(-c7ccccc7)cc(-c7ccccc7)c65)c(-c5ccccc5)c4)n3)cc2)cc1. The van der Waals surface area contributed by atoms with Crippen molar-refractivity contribution < 1.29 is 0 Å². The zero-order chi connectivity index (χ0) is 56.5. The van der Waals surface area contributed by atoms with Gasteiger partial charge in [-0.25, -0.2) is 15.0 Å². The lowest BCUT2D eigenvalue weighted by atomic mass is 9.91. The van der Waals surface area contributed by atoms with Gasteiger partial charge < -0.3 is 4.57 Å². The summed E-state index contributed by atoms with van der Waals surface area (Å²) in [7, 11) is 0. The Bertz CT molecular complexity index is 4540. The van der Waals surface area contributed by atoms with Crippen molar-refractivity contribution in [2.45, 2.75) is 0 Å². The maximum Gasteiger partial charge on any atom is 0.164 e. The second-order valence-corrected chi connectivity index (χ2v) is 21.5. The van der Waals surface area contributed by atoms with Crippen LogP contribution in [0.1, 0.15) is 0 Å². The lowest BCUT2D eigenvalue weighted by Gasteiger charge is -2.23. The molecule has 4 nitrogen and oxygen atoms in total. The fraction of sp³-hybridized carbons (Fsp3) is 0. The Morgan fingerprint density at radius 2 is 0.400 bits per heavy atom. The minimum absolute atomic E-state index is 0.567. The van der Waals surface area contributed by atoms with Crippen molar-refractivity contribution in [1.82, 2.24) is 19.5 Å². The molecule has 4 heteroatoms. The van der Waals surface area contributed by atoms with Gasteiger partial charge in [0.15, 0.2) is 17.5 Å². The summed E-state index contributed by atoms with van der Waals surface area (Å²) in [6.07, 6.45) is 0. The molecule has 85 heavy (non-hydrogen) atoms. The van der Waals surface area contributed by atoms with Gasteiger partial charge in [0.2, 0.25) is 0 Å². The molecule has 0 atom stereocenters. The van der Waals surface area contributed by atoms with Crippen molar-refractivity contribution >= 4 is 21.8 Å². The number of benzene rings is 13. The standard InChI is InChI=1S/C81H54N4/c1-9-25-55(26-10-1)59-41-45-65(46-42-59)79-82-80(66-47-43-60(44-48-66)56-27-11-2-12-28-56)84-81(83-79)69-53-72(63-37-21-7-22-38-63)76(73(54-69)64-39-23-8-24-40-64)85-77-70(61-33-17-5-18-34-61)49-67(57-29-13-3-14-30-57)51-74(77)75-52-68(58-31-15-4-16-32-58)50-71(78(75)85)62-35-19-6-20-36-62/h1-54H. The first-order chi connectivity index (χ1) is 42.1. The molecular formula is C81H54N4. The molecule has 13 aromatic carbocycles. The molecule has 0 saturated heterocycles. The van der Waals surface area contributed by atoms with Gasteiger partial charge in [-0.15, -0.1) is 0 Å². The van der Waals surface area contributed by atoms with Gasteiger partial charge in [-0.1, -0.05) is 291 Å². The molecule has 15 rings (SSSR count). The maximum atomic E-state index is 5.48. The highest BCUT2D eigenvalue weighted by Gasteiger charge is 2.28. The van der Waals surface area contributed by atoms with E-state index >= 15 is 0 Å². The summed E-state index contributed by atoms with van der Waals surface area (Å²) in [5.41, 5.74) is 23.7. The van der Waals surface area contributed by atoms with Crippen molar-refractivity contribution in [2.24, 2.45) is 0 Å². The van der Waals surface area contributed by atoms with Crippen molar-refractivity contribution in [1.29, 1.82) is 0 Å². The molecule has 0 radical (unpaired) electrons. The summed E-state index contributed by atoms with van der Waals surface area (Å²) in [6, 6.07) is 117. The summed E-state index contributed by atoms with van der Waals surface area (Å²) in [4.78, 5) is 16.3. The van der Waals surface area contributed by atoms with Crippen LogP contribution in [0.3, 0.4) is 0 Å². The van der Waals surface area contributed by atoms with E-state index in [1.807, 2.05) is 12.1 Å². The van der Waals surface area contributed by atoms with Crippen LogP contribution in [0.15, 0.2) is 328 Å². The molecule has 0 N–H and O–H groups in total. The number of fused-ring (bicyclic) bond motifs is 3. The van der Waals surface area contributed by atoms with Crippen LogP contribution in [-0.2, 0) is 0 Å². The van der Waals surface area contributed by atoms with Crippen LogP contribution in [0.25, 0.3) is 151 Å². The van der Waals surface area contributed by atoms with E-state index in [2.05, 4.69) is 320 Å². The average molecular weight is 1080 g/mol. The Morgan fingerprint density at radius 3 is 0.706 bits per heavy atom. The molecule has 0 aliphatic heterocycles. The molecule has 0 amide bonds. The topological polar surface area (TPSA) is 43.6 Å². The van der Waals surface area contributed by atoms with E-state index in [0.717, 1.165) is 133 Å². The Morgan fingerprint density at radius 1 is 0.176 bits per heavy atom. The van der Waals surface area contributed by atoms with Crippen molar-refractivity contribution in [3.8, 4) is 129 Å². The minimum atomic E-state index is 0.567. The van der Waals surface area contributed by atoms with Gasteiger partial charge in [-0.05, 0) is 103 Å². The summed E-state index contributed by atoms with van der Waals surface area (Å²) in [5, 5.41) is 2.30. The highest BCUT2D eigenvalue weighted by atomic mass is 15.0. The summed E-state index contributed by atoms with van der Waals surface area (Å²) >= 11 is 0. The first-order valence-corrected chi connectivity index (χ1v) is 28.9. The van der Waals surface area contributed by atoms with Gasteiger partial charge >= 0.3 is 0 Å². The third-order valence-electron chi connectivity index (χ3n) is 16.2. The van der Waals surface area contributed by atoms with E-state index in [4.69, 9.17) is 15.0 Å². The van der Waals surface area contributed by atoms with Crippen LogP contribution in [0.2, 0.25) is 0 Å². The molecule has 0 spiro atoms. The Kier molecular flexibility index (Phi) is 13.2. The van der Waals surface area contributed by atoms with E-state index in [1.54, 1.807) is 0 Å². The largest absolute Gasteiger partial charge is 0.307 e. The smallest absolute Gasteiger partial charge is 0.164 e. The lowest BCUT2D eigenvalue weighted by molar-refractivity contribution is 1.07. The van der Waals surface area contributed by atoms with Crippen LogP contribution >= 0.6 is 0 Å². The summed E-state index contributed by atoms with van der Waals surface area (Å²) < 4.78 is 2.60. The van der Waals surface area contributed by atoms with Crippen molar-refractivity contribution in [3.05, 3.63) is 328 Å². The number of aromatic nitrogens is 4. The Hall–Kier alpha value is -11.3. The fourth-order valence-corrected chi connectivity index (χ4v) is 12.1. The monoisotopic (exact) mass is 1080 g/mol. The zero-order valence-electron chi connectivity index (χ0n) is 46.5. The van der Waals surface area contributed by atoms with Gasteiger partial charge in [0.05, 0.1) is 16.7 Å². The van der Waals surface area contributed by atoms with Gasteiger partial charge in [0.1, 0.15) is 0 Å². The van der Waals surface area contributed by atoms with Crippen LogP contribution in [0.5, 0.6) is 0 Å². The minimum Gasteiger partial charge on any atom is -0.307 e. The van der Waals surface area contributed by atoms with Crippen LogP contribution in [0, 0.1) is 0 Å². The predicted molar refractivity (Wildman–Crippen MR) is 354 cm³/mol. The van der Waals surface area contributed by atoms with E-state index in [0.29, 0.717) is 17.5 Å². The molecule has 0 saturated carbocycles. The first kappa shape index (κ1) is 50.6. The van der Waals surface area contributed by atoms with Gasteiger partial charge in [0.25, 0.3) is 0 Å². The molecule has 2 heterocycles. The molecule has 398 valence electrons. The summed E-state index contributed by atoms with van der Waals surface area (Å²) in [6.45, 7) is 0. The van der Waals surface area contributed by atoms with Crippen molar-refractivity contribution in [3.63, 3.8) is 0 Å². The molecule has 0 aliphatic rings. The summed E-state index contributed by atoms with van der Waals surface area (Å²) in [5.74, 6) is 1.74. The van der Waals surface area contributed by atoms with E-state index in [9.17, 15) is 0 Å². The van der Waals surface area contributed by atoms with Crippen LogP contribution in [0.4, 0.5) is 0 Å². The second kappa shape index (κ2) is 22.2. The Labute approximate surface area is 495 Å². The predicted octanol–water partition coefficient (Wildman–Crippen LogP) is 21.3. The second-order valence-electron chi connectivity index (χ2n) is 21.5. The number of rotatable bonds is 12. The zero-order valence-corrected chi connectivity index (χ0v) is 46.5. The highest BCUT2D eigenvalue weighted by Crippen LogP contribution is 2.50. The average Bonchev–Trinajstić information content (AvgIpc) is 1.89. The lowest BCUT2D eigenvalue weighted by Crippen LogP contribution is -2.05. The first-order valence-electron chi connectivity index (χ1n) is 28.9. The fourth-order valence-electron chi connectivity index (χ4n) is 12.1. The molecule has 15 aromatic rings. The van der Waals surface area contributed by atoms with E-state index in [-0.39, 0.29) is 0 Å². The van der Waals surface area contributed by atoms with Crippen LogP contribution in [-0.4, -0.2) is 19.5 Å². The number of hydrogen-bond donors (Lipinski definition) is 0. The third kappa shape index (κ3) is 9.78. The normalized spacial score (nSPS) is 11.3. The van der Waals surface area contributed by atoms with Gasteiger partial charge in [-0.3, -0.25) is 0 Å². The number of nitrogens with zero attached hydrogens (tertiary/aromatic N) is 4. The van der Waals surface area contributed by atoms with Gasteiger partial charge in [0, 0.05) is 49.7 Å². The maximum absolute atomic E-state index is 5.48. The molecule has 0 fully saturated rings. The molecule has 0 bridgehead atoms. The molecule has 2 aromatic heterocycles. The van der Waals surface area contributed by atoms with Gasteiger partial charge in [-0.2, -0.15) is 0 Å². The third-order valence-corrected chi connectivity index (χ3v) is 16.2. The quantitative estimate of drug-likeness (QED) is 0.122. The van der Waals surface area contributed by atoms with E-state index < -0.39 is 0 Å². The van der Waals surface area contributed by atoms with Crippen molar-refractivity contribution in [2.75, 3.05) is 0 Å². The molecular weight excluding hydrogens is 1030 g/mol. The highest BCUT2D eigenvalue weighted by molar-refractivity contribution is 6.20. The molecule has 0 unspecified atom stereocenters. The number of hydrogen-bond acceptors (Lipinski definition) is 3. The Balaban J connectivity index is 1.06. The van der Waals surface area contributed by atoms with Crippen LogP contribution < -0.4 is 0 Å². The molecule has 0 aliphatic carbocycles. The van der Waals surface area contributed by atoms with E-state index in [1.165, 1.54) is 0 Å².